The van der Waals surface area contributed by atoms with Crippen molar-refractivity contribution in [1.29, 1.82) is 5.26 Å². The smallest absolute Gasteiger partial charge is 0.325 e. The van der Waals surface area contributed by atoms with Crippen LogP contribution in [0.3, 0.4) is 0 Å². The van der Waals surface area contributed by atoms with Gasteiger partial charge in [-0.15, -0.1) is 0 Å². The number of hydrogen-bond acceptors (Lipinski definition) is 7. The van der Waals surface area contributed by atoms with E-state index in [1.807, 2.05) is 6.07 Å². The molecular formula is C21H17BrN5O5S-. The number of carboxylic acids is 1. The summed E-state index contributed by atoms with van der Waals surface area (Å²) in [5, 5.41) is 22.2. The van der Waals surface area contributed by atoms with Gasteiger partial charge in [0.05, 0.1) is 40.2 Å². The van der Waals surface area contributed by atoms with Crippen molar-refractivity contribution < 1.29 is 23.4 Å². The molecule has 1 aliphatic rings. The number of halogens is 1. The Morgan fingerprint density at radius 3 is 2.79 bits per heavy atom. The third-order valence-electron chi connectivity index (χ3n) is 5.21. The molecule has 0 amide bonds. The monoisotopic (exact) mass is 530 g/mol. The number of nitriles is 1. The predicted molar refractivity (Wildman–Crippen MR) is 120 cm³/mol. The summed E-state index contributed by atoms with van der Waals surface area (Å²) in [7, 11) is 0. The number of aliphatic carboxylic acids is 1. The van der Waals surface area contributed by atoms with Gasteiger partial charge in [-0.05, 0) is 65.5 Å². The lowest BCUT2D eigenvalue weighted by Gasteiger charge is -2.36. The molecule has 12 heteroatoms. The SMILES string of the molecule is N#Cc1ccc(Oc2ncc(N(C3CCCc4c3cnn4CC(=O)O)S(=O)[O-])cc2Br)cc1. The summed E-state index contributed by atoms with van der Waals surface area (Å²) in [5.74, 6) is -0.307. The Labute approximate surface area is 200 Å². The zero-order valence-electron chi connectivity index (χ0n) is 17.0. The summed E-state index contributed by atoms with van der Waals surface area (Å²) >= 11 is 0.768. The first-order valence-electron chi connectivity index (χ1n) is 9.86. The number of aromatic nitrogens is 3. The first kappa shape index (κ1) is 22.9. The van der Waals surface area contributed by atoms with Gasteiger partial charge < -0.3 is 14.4 Å². The van der Waals surface area contributed by atoms with Crippen LogP contribution in [0, 0.1) is 11.3 Å². The van der Waals surface area contributed by atoms with Gasteiger partial charge in [0.15, 0.2) is 0 Å². The van der Waals surface area contributed by atoms with Gasteiger partial charge in [0.1, 0.15) is 12.3 Å². The highest BCUT2D eigenvalue weighted by atomic mass is 79.9. The van der Waals surface area contributed by atoms with Crippen molar-refractivity contribution in [1.82, 2.24) is 14.8 Å². The van der Waals surface area contributed by atoms with Crippen LogP contribution in [0.4, 0.5) is 5.69 Å². The fourth-order valence-corrected chi connectivity index (χ4v) is 4.91. The lowest BCUT2D eigenvalue weighted by atomic mass is 9.92. The molecule has 33 heavy (non-hydrogen) atoms. The van der Waals surface area contributed by atoms with Crippen LogP contribution in [0.1, 0.15) is 35.7 Å². The Morgan fingerprint density at radius 2 is 2.15 bits per heavy atom. The summed E-state index contributed by atoms with van der Waals surface area (Å²) in [6.45, 7) is -0.281. The Kier molecular flexibility index (Phi) is 6.73. The molecule has 10 nitrogen and oxygen atoms in total. The maximum atomic E-state index is 12.2. The van der Waals surface area contributed by atoms with Gasteiger partial charge in [0.2, 0.25) is 5.88 Å². The minimum Gasteiger partial charge on any atom is -0.755 e. The van der Waals surface area contributed by atoms with Gasteiger partial charge in [-0.1, -0.05) is 0 Å². The van der Waals surface area contributed by atoms with Gasteiger partial charge in [0.25, 0.3) is 0 Å². The number of benzene rings is 1. The summed E-state index contributed by atoms with van der Waals surface area (Å²) in [5.41, 5.74) is 2.22. The molecule has 0 aliphatic heterocycles. The highest BCUT2D eigenvalue weighted by Gasteiger charge is 2.31. The number of carboxylic acid groups (broad SMARTS) is 1. The largest absolute Gasteiger partial charge is 0.755 e. The number of fused-ring (bicyclic) bond motifs is 1. The summed E-state index contributed by atoms with van der Waals surface area (Å²) < 4.78 is 33.3. The van der Waals surface area contributed by atoms with E-state index in [1.165, 1.54) is 21.4 Å². The average molecular weight is 531 g/mol. The Balaban J connectivity index is 1.62. The van der Waals surface area contributed by atoms with Crippen molar-refractivity contribution in [2.75, 3.05) is 4.31 Å². The lowest BCUT2D eigenvalue weighted by Crippen LogP contribution is -2.33. The van der Waals surface area contributed by atoms with Crippen molar-refractivity contribution >= 4 is 38.9 Å². The van der Waals surface area contributed by atoms with Crippen LogP contribution in [-0.4, -0.2) is 34.6 Å². The molecule has 3 aromatic rings. The van der Waals surface area contributed by atoms with E-state index in [9.17, 15) is 13.6 Å². The van der Waals surface area contributed by atoms with Gasteiger partial charge in [-0.25, -0.2) is 4.98 Å². The van der Waals surface area contributed by atoms with Crippen LogP contribution in [0.2, 0.25) is 0 Å². The van der Waals surface area contributed by atoms with Crippen LogP contribution < -0.4 is 9.04 Å². The summed E-state index contributed by atoms with van der Waals surface area (Å²) in [6, 6.07) is 9.60. The van der Waals surface area contributed by atoms with Gasteiger partial charge in [0, 0.05) is 22.5 Å². The summed E-state index contributed by atoms with van der Waals surface area (Å²) in [4.78, 5) is 15.4. The minimum atomic E-state index is -2.62. The number of anilines is 1. The van der Waals surface area contributed by atoms with Crippen LogP contribution >= 0.6 is 15.9 Å². The van der Waals surface area contributed by atoms with Crippen LogP contribution in [0.5, 0.6) is 11.6 Å². The average Bonchev–Trinajstić information content (AvgIpc) is 3.19. The number of ether oxygens (including phenoxy) is 1. The predicted octanol–water partition coefficient (Wildman–Crippen LogP) is 3.47. The first-order valence-corrected chi connectivity index (χ1v) is 11.7. The van der Waals surface area contributed by atoms with Gasteiger partial charge in [-0.3, -0.25) is 18.0 Å². The number of rotatable bonds is 7. The van der Waals surface area contributed by atoms with E-state index >= 15 is 0 Å². The van der Waals surface area contributed by atoms with Crippen molar-refractivity contribution in [3.05, 3.63) is 64.0 Å². The van der Waals surface area contributed by atoms with Crippen LogP contribution in [0.25, 0.3) is 0 Å². The molecule has 2 atom stereocenters. The second-order valence-corrected chi connectivity index (χ2v) is 8.95. The highest BCUT2D eigenvalue weighted by Crippen LogP contribution is 2.39. The number of nitrogens with zero attached hydrogens (tertiary/aromatic N) is 5. The maximum absolute atomic E-state index is 12.2. The molecule has 1 aromatic carbocycles. The molecule has 2 aromatic heterocycles. The zero-order chi connectivity index (χ0) is 23.5. The summed E-state index contributed by atoms with van der Waals surface area (Å²) in [6.07, 6.45) is 4.80. The van der Waals surface area contributed by atoms with Crippen LogP contribution in [0.15, 0.2) is 47.2 Å². The van der Waals surface area contributed by atoms with E-state index in [0.29, 0.717) is 46.3 Å². The molecule has 0 saturated carbocycles. The molecule has 0 bridgehead atoms. The molecule has 0 radical (unpaired) electrons. The third kappa shape index (κ3) is 4.90. The molecule has 2 heterocycles. The normalized spacial score (nSPS) is 15.8. The van der Waals surface area contributed by atoms with Crippen molar-refractivity contribution in [3.63, 3.8) is 0 Å². The molecule has 1 N–H and O–H groups in total. The molecule has 1 aliphatic carbocycles. The topological polar surface area (TPSA) is 144 Å². The quantitative estimate of drug-likeness (QED) is 0.457. The highest BCUT2D eigenvalue weighted by molar-refractivity contribution is 9.10. The van der Waals surface area contributed by atoms with E-state index < -0.39 is 23.3 Å². The van der Waals surface area contributed by atoms with Crippen molar-refractivity contribution in [3.8, 4) is 17.7 Å². The number of hydrogen-bond donors (Lipinski definition) is 1. The minimum absolute atomic E-state index is 0.235. The standard InChI is InChI=1S/C21H18BrN5O5S/c22-17-8-14(10-24-21(17)32-15-6-4-13(9-23)5-7-15)27(33(30)31)19-3-1-2-18-16(19)11-25-26(18)12-20(28)29/h4-8,10-11,19H,1-3,12H2,(H,28,29)(H,30,31)/p-1. The fourth-order valence-electron chi connectivity index (χ4n) is 3.79. The van der Waals surface area contributed by atoms with E-state index in [0.717, 1.165) is 5.69 Å². The molecule has 0 saturated heterocycles. The lowest BCUT2D eigenvalue weighted by molar-refractivity contribution is -0.137. The van der Waals surface area contributed by atoms with Crippen LogP contribution in [-0.2, 0) is 29.0 Å². The molecule has 4 rings (SSSR count). The fraction of sp³-hybridized carbons (Fsp3) is 0.238. The first-order chi connectivity index (χ1) is 15.9. The zero-order valence-corrected chi connectivity index (χ0v) is 19.5. The molecule has 0 fully saturated rings. The molecule has 170 valence electrons. The van der Waals surface area contributed by atoms with E-state index in [1.54, 1.807) is 30.3 Å². The molecular weight excluding hydrogens is 514 g/mol. The van der Waals surface area contributed by atoms with E-state index in [4.69, 9.17) is 15.1 Å². The van der Waals surface area contributed by atoms with Crippen molar-refractivity contribution in [2.24, 2.45) is 0 Å². The second kappa shape index (κ2) is 9.70. The Hall–Kier alpha value is -3.27. The number of carbonyl (C=O) groups is 1. The molecule has 0 spiro atoms. The van der Waals surface area contributed by atoms with E-state index in [-0.39, 0.29) is 12.4 Å². The Morgan fingerprint density at radius 1 is 1.39 bits per heavy atom. The second-order valence-electron chi connectivity index (χ2n) is 7.27. The van der Waals surface area contributed by atoms with Gasteiger partial charge in [-0.2, -0.15) is 10.4 Å². The third-order valence-corrected chi connectivity index (χ3v) is 6.56. The number of pyridine rings is 1. The van der Waals surface area contributed by atoms with Gasteiger partial charge >= 0.3 is 5.97 Å². The molecule has 2 unspecified atom stereocenters. The maximum Gasteiger partial charge on any atom is 0.325 e. The van der Waals surface area contributed by atoms with E-state index in [2.05, 4.69) is 26.0 Å². The van der Waals surface area contributed by atoms with Crippen molar-refractivity contribution in [2.45, 2.75) is 31.8 Å². The Bertz CT molecular complexity index is 1260.